The zero-order valence-electron chi connectivity index (χ0n) is 15.6. The van der Waals surface area contributed by atoms with E-state index < -0.39 is 0 Å². The molecule has 0 saturated carbocycles. The van der Waals surface area contributed by atoms with Gasteiger partial charge in [0.25, 0.3) is 5.91 Å². The molecule has 0 bridgehead atoms. The van der Waals surface area contributed by atoms with Crippen molar-refractivity contribution in [2.45, 2.75) is 20.8 Å². The smallest absolute Gasteiger partial charge is 0.289 e. The predicted molar refractivity (Wildman–Crippen MR) is 105 cm³/mol. The second-order valence-electron chi connectivity index (χ2n) is 7.10. The summed E-state index contributed by atoms with van der Waals surface area (Å²) >= 11 is 0. The van der Waals surface area contributed by atoms with Gasteiger partial charge >= 0.3 is 0 Å². The Hall–Kier alpha value is -2.75. The molecule has 0 spiro atoms. The summed E-state index contributed by atoms with van der Waals surface area (Å²) < 4.78 is 5.86. The second kappa shape index (κ2) is 6.52. The van der Waals surface area contributed by atoms with E-state index in [2.05, 4.69) is 36.9 Å². The van der Waals surface area contributed by atoms with Gasteiger partial charge in [-0.2, -0.15) is 0 Å². The number of rotatable bonds is 2. The van der Waals surface area contributed by atoms with Gasteiger partial charge < -0.3 is 14.2 Å². The highest BCUT2D eigenvalue weighted by molar-refractivity contribution is 5.96. The number of piperazine rings is 1. The Morgan fingerprint density at radius 2 is 1.62 bits per heavy atom. The largest absolute Gasteiger partial charge is 0.451 e. The number of hydrogen-bond donors (Lipinski definition) is 0. The van der Waals surface area contributed by atoms with E-state index >= 15 is 0 Å². The first-order valence-electron chi connectivity index (χ1n) is 9.14. The molecule has 0 N–H and O–H groups in total. The Labute approximate surface area is 154 Å². The molecule has 26 heavy (non-hydrogen) atoms. The van der Waals surface area contributed by atoms with E-state index in [0.29, 0.717) is 18.8 Å². The molecule has 4 nitrogen and oxygen atoms in total. The Balaban J connectivity index is 1.49. The third-order valence-electron chi connectivity index (χ3n) is 5.44. The lowest BCUT2D eigenvalue weighted by Gasteiger charge is -2.36. The van der Waals surface area contributed by atoms with Crippen molar-refractivity contribution in [1.29, 1.82) is 0 Å². The third-order valence-corrected chi connectivity index (χ3v) is 5.44. The van der Waals surface area contributed by atoms with Crippen LogP contribution in [0.1, 0.15) is 27.2 Å². The normalized spacial score (nSPS) is 14.9. The van der Waals surface area contributed by atoms with Gasteiger partial charge in [0.1, 0.15) is 5.58 Å². The van der Waals surface area contributed by atoms with Crippen LogP contribution < -0.4 is 4.90 Å². The molecule has 3 aromatic rings. The Kier molecular flexibility index (Phi) is 4.19. The van der Waals surface area contributed by atoms with Crippen LogP contribution in [-0.4, -0.2) is 37.0 Å². The molecule has 1 amide bonds. The lowest BCUT2D eigenvalue weighted by molar-refractivity contribution is 0.0717. The summed E-state index contributed by atoms with van der Waals surface area (Å²) in [4.78, 5) is 17.1. The van der Waals surface area contributed by atoms with E-state index in [0.717, 1.165) is 29.6 Å². The first-order chi connectivity index (χ1) is 12.5. The molecule has 0 unspecified atom stereocenters. The van der Waals surface area contributed by atoms with Crippen LogP contribution in [0.15, 0.2) is 46.9 Å². The average Bonchev–Trinajstić information content (AvgIpc) is 3.09. The molecule has 2 aromatic carbocycles. The van der Waals surface area contributed by atoms with Crippen molar-refractivity contribution in [2.24, 2.45) is 0 Å². The number of carbonyl (C=O) groups excluding carboxylic acids is 1. The van der Waals surface area contributed by atoms with E-state index in [1.165, 1.54) is 16.8 Å². The summed E-state index contributed by atoms with van der Waals surface area (Å²) in [5.74, 6) is 0.427. The standard InChI is InChI=1S/C22H24N2O2/c1-15-6-5-9-19(17(15)3)23-10-12-24(13-11-23)22(25)20-14-18-8-4-7-16(2)21(18)26-20/h4-9,14H,10-13H2,1-3H3. The number of para-hydroxylation sites is 1. The topological polar surface area (TPSA) is 36.7 Å². The highest BCUT2D eigenvalue weighted by Crippen LogP contribution is 2.26. The van der Waals surface area contributed by atoms with Crippen LogP contribution >= 0.6 is 0 Å². The number of carbonyl (C=O) groups is 1. The van der Waals surface area contributed by atoms with Crippen molar-refractivity contribution < 1.29 is 9.21 Å². The number of aryl methyl sites for hydroxylation is 2. The molecule has 134 valence electrons. The van der Waals surface area contributed by atoms with E-state index in [4.69, 9.17) is 4.42 Å². The maximum absolute atomic E-state index is 12.9. The quantitative estimate of drug-likeness (QED) is 0.692. The lowest BCUT2D eigenvalue weighted by atomic mass is 10.1. The highest BCUT2D eigenvalue weighted by Gasteiger charge is 2.25. The minimum atomic E-state index is -0.0128. The molecular formula is C22H24N2O2. The maximum atomic E-state index is 12.9. The monoisotopic (exact) mass is 348 g/mol. The molecule has 1 fully saturated rings. The third kappa shape index (κ3) is 2.85. The van der Waals surface area contributed by atoms with E-state index in [1.54, 1.807) is 0 Å². The molecule has 4 rings (SSSR count). The SMILES string of the molecule is Cc1cccc(N2CCN(C(=O)c3cc4cccc(C)c4o3)CC2)c1C. The van der Waals surface area contributed by atoms with Gasteiger partial charge in [-0.25, -0.2) is 0 Å². The second-order valence-corrected chi connectivity index (χ2v) is 7.10. The van der Waals surface area contributed by atoms with Crippen molar-refractivity contribution >= 4 is 22.6 Å². The van der Waals surface area contributed by atoms with Gasteiger partial charge in [0.05, 0.1) is 0 Å². The molecule has 4 heteroatoms. The Morgan fingerprint density at radius 1 is 0.923 bits per heavy atom. The minimum Gasteiger partial charge on any atom is -0.451 e. The number of amides is 1. The molecule has 1 aliphatic rings. The van der Waals surface area contributed by atoms with Crippen LogP contribution in [0.4, 0.5) is 5.69 Å². The van der Waals surface area contributed by atoms with Gasteiger partial charge in [0.15, 0.2) is 5.76 Å². The van der Waals surface area contributed by atoms with Crippen molar-refractivity contribution in [2.75, 3.05) is 31.1 Å². The number of furan rings is 1. The molecule has 1 saturated heterocycles. The van der Waals surface area contributed by atoms with Crippen LogP contribution in [0, 0.1) is 20.8 Å². The van der Waals surface area contributed by atoms with Crippen LogP contribution in [0.2, 0.25) is 0 Å². The van der Waals surface area contributed by atoms with Gasteiger partial charge in [0, 0.05) is 37.3 Å². The van der Waals surface area contributed by atoms with Gasteiger partial charge in [-0.1, -0.05) is 30.3 Å². The lowest BCUT2D eigenvalue weighted by Crippen LogP contribution is -2.49. The van der Waals surface area contributed by atoms with Crippen molar-refractivity contribution in [1.82, 2.24) is 4.90 Å². The number of anilines is 1. The van der Waals surface area contributed by atoms with Gasteiger partial charge in [-0.15, -0.1) is 0 Å². The van der Waals surface area contributed by atoms with Gasteiger partial charge in [0.2, 0.25) is 0 Å². The average molecular weight is 348 g/mol. The molecule has 0 aliphatic carbocycles. The van der Waals surface area contributed by atoms with Crippen molar-refractivity contribution in [3.8, 4) is 0 Å². The first kappa shape index (κ1) is 16.7. The van der Waals surface area contributed by atoms with E-state index in [1.807, 2.05) is 36.1 Å². The van der Waals surface area contributed by atoms with Crippen LogP contribution in [0.3, 0.4) is 0 Å². The Morgan fingerprint density at radius 3 is 2.35 bits per heavy atom. The predicted octanol–water partition coefficient (Wildman–Crippen LogP) is 4.32. The van der Waals surface area contributed by atoms with Crippen LogP contribution in [0.25, 0.3) is 11.0 Å². The number of nitrogens with zero attached hydrogens (tertiary/aromatic N) is 2. The molecule has 0 radical (unpaired) electrons. The Bertz CT molecular complexity index is 965. The fraction of sp³-hybridized carbons (Fsp3) is 0.318. The summed E-state index contributed by atoms with van der Waals surface area (Å²) in [5, 5.41) is 0.988. The molecule has 2 heterocycles. The van der Waals surface area contributed by atoms with Crippen molar-refractivity contribution in [3.63, 3.8) is 0 Å². The van der Waals surface area contributed by atoms with E-state index in [9.17, 15) is 4.79 Å². The number of hydrogen-bond acceptors (Lipinski definition) is 3. The van der Waals surface area contributed by atoms with Crippen molar-refractivity contribution in [3.05, 3.63) is 64.9 Å². The highest BCUT2D eigenvalue weighted by atomic mass is 16.3. The fourth-order valence-corrected chi connectivity index (χ4v) is 3.70. The molecular weight excluding hydrogens is 324 g/mol. The first-order valence-corrected chi connectivity index (χ1v) is 9.14. The summed E-state index contributed by atoms with van der Waals surface area (Å²) in [6.45, 7) is 9.42. The zero-order chi connectivity index (χ0) is 18.3. The zero-order valence-corrected chi connectivity index (χ0v) is 15.6. The summed E-state index contributed by atoms with van der Waals surface area (Å²) in [5.41, 5.74) is 5.77. The van der Waals surface area contributed by atoms with Crippen LogP contribution in [-0.2, 0) is 0 Å². The molecule has 1 aliphatic heterocycles. The summed E-state index contributed by atoms with van der Waals surface area (Å²) in [7, 11) is 0. The van der Waals surface area contributed by atoms with Gasteiger partial charge in [-0.05, 0) is 49.6 Å². The van der Waals surface area contributed by atoms with Crippen LogP contribution in [0.5, 0.6) is 0 Å². The fourth-order valence-electron chi connectivity index (χ4n) is 3.70. The summed E-state index contributed by atoms with van der Waals surface area (Å²) in [6.07, 6.45) is 0. The number of fused-ring (bicyclic) bond motifs is 1. The summed E-state index contributed by atoms with van der Waals surface area (Å²) in [6, 6.07) is 14.3. The van der Waals surface area contributed by atoms with Gasteiger partial charge in [-0.3, -0.25) is 4.79 Å². The molecule has 1 aromatic heterocycles. The maximum Gasteiger partial charge on any atom is 0.289 e. The van der Waals surface area contributed by atoms with E-state index in [-0.39, 0.29) is 5.91 Å². The molecule has 0 atom stereocenters. The minimum absolute atomic E-state index is 0.0128. The number of benzene rings is 2.